The van der Waals surface area contributed by atoms with Crippen LogP contribution >= 0.6 is 27.7 Å². The molecule has 4 aliphatic rings. The van der Waals surface area contributed by atoms with Crippen LogP contribution in [0.4, 0.5) is 5.69 Å². The summed E-state index contributed by atoms with van der Waals surface area (Å²) in [7, 11) is 0. The second-order valence-corrected chi connectivity index (χ2v) is 14.3. The highest BCUT2D eigenvalue weighted by Gasteiger charge is 2.76. The van der Waals surface area contributed by atoms with Gasteiger partial charge in [-0.25, -0.2) is 0 Å². The van der Waals surface area contributed by atoms with Gasteiger partial charge in [-0.05, 0) is 38.3 Å². The first-order valence-electron chi connectivity index (χ1n) is 14.4. The highest BCUT2D eigenvalue weighted by molar-refractivity contribution is 9.09. The molecule has 3 amide bonds. The lowest BCUT2D eigenvalue weighted by molar-refractivity contribution is -0.146. The van der Waals surface area contributed by atoms with E-state index >= 15 is 0 Å². The number of benzene rings is 1. The van der Waals surface area contributed by atoms with E-state index in [9.17, 15) is 19.5 Å². The molecule has 3 aliphatic heterocycles. The number of thioether (sulfide) groups is 1. The Labute approximate surface area is 250 Å². The van der Waals surface area contributed by atoms with Crippen LogP contribution in [0.2, 0.25) is 0 Å². The molecule has 0 aromatic heterocycles. The van der Waals surface area contributed by atoms with Crippen molar-refractivity contribution in [3.8, 4) is 0 Å². The summed E-state index contributed by atoms with van der Waals surface area (Å²) < 4.78 is -0.749. The molecule has 0 radical (unpaired) electrons. The number of halogens is 1. The summed E-state index contributed by atoms with van der Waals surface area (Å²) in [5.41, 5.74) is 0.758. The van der Waals surface area contributed by atoms with Crippen LogP contribution in [-0.2, 0) is 14.4 Å². The van der Waals surface area contributed by atoms with Crippen LogP contribution in [-0.4, -0.2) is 85.3 Å². The Morgan fingerprint density at radius 1 is 1.15 bits per heavy atom. The van der Waals surface area contributed by atoms with Gasteiger partial charge in [-0.3, -0.25) is 14.4 Å². The third kappa shape index (κ3) is 4.75. The van der Waals surface area contributed by atoms with E-state index in [1.807, 2.05) is 35.2 Å². The second kappa shape index (κ2) is 12.0. The number of alkyl halides is 1. The van der Waals surface area contributed by atoms with E-state index in [1.54, 1.807) is 40.6 Å². The van der Waals surface area contributed by atoms with Gasteiger partial charge in [-0.1, -0.05) is 65.5 Å². The lowest BCUT2D eigenvalue weighted by Crippen LogP contribution is -2.59. The fraction of sp³-hybridized carbons (Fsp3) is 0.581. The van der Waals surface area contributed by atoms with E-state index in [0.717, 1.165) is 31.4 Å². The number of hydrogen-bond donors (Lipinski definition) is 1. The largest absolute Gasteiger partial charge is 0.394 e. The van der Waals surface area contributed by atoms with Gasteiger partial charge in [0.05, 0.1) is 29.2 Å². The maximum atomic E-state index is 14.6. The minimum Gasteiger partial charge on any atom is -0.394 e. The van der Waals surface area contributed by atoms with Crippen molar-refractivity contribution in [3.05, 3.63) is 55.6 Å². The van der Waals surface area contributed by atoms with Crippen molar-refractivity contribution >= 4 is 51.1 Å². The molecule has 2 bridgehead atoms. The normalized spacial score (nSPS) is 32.0. The van der Waals surface area contributed by atoms with Gasteiger partial charge < -0.3 is 19.8 Å². The zero-order chi connectivity index (χ0) is 28.6. The number of para-hydroxylation sites is 1. The van der Waals surface area contributed by atoms with E-state index in [1.165, 1.54) is 6.42 Å². The molecule has 1 N–H and O–H groups in total. The van der Waals surface area contributed by atoms with Crippen LogP contribution in [0.25, 0.3) is 0 Å². The summed E-state index contributed by atoms with van der Waals surface area (Å²) >= 11 is 5.50. The first kappa shape index (κ1) is 29.4. The number of carbonyl (C=O) groups is 3. The highest BCUT2D eigenvalue weighted by Crippen LogP contribution is 2.68. The number of aliphatic hydroxyl groups is 1. The number of carbonyl (C=O) groups excluding carboxylic acids is 3. The standard InChI is InChI=1S/C31H40BrN3O4S/c1-4-16-33(21-12-8-6-9-13-21)28(37)24-25-29(38)35(20(3)19-36)27(31(25)18-23(32)26(24)40-31)30(39)34(17-5-2)22-14-10-7-11-15-22/h4-6,8-9,12-13,20,22-27,36H,1-2,7,10-11,14-19H2,3H3/t20-,23?,24-,25+,26-,27?,31?/m1/s1. The number of fused-ring (bicyclic) bond motifs is 1. The first-order chi connectivity index (χ1) is 19.3. The fourth-order valence-electron chi connectivity index (χ4n) is 7.54. The summed E-state index contributed by atoms with van der Waals surface area (Å²) in [6.45, 7) is 10.1. The van der Waals surface area contributed by atoms with Crippen molar-refractivity contribution in [2.24, 2.45) is 11.8 Å². The van der Waals surface area contributed by atoms with E-state index < -0.39 is 28.7 Å². The number of nitrogens with zero attached hydrogens (tertiary/aromatic N) is 3. The number of hydrogen-bond acceptors (Lipinski definition) is 5. The van der Waals surface area contributed by atoms with Crippen LogP contribution in [0.15, 0.2) is 55.6 Å². The monoisotopic (exact) mass is 629 g/mol. The fourth-order valence-corrected chi connectivity index (χ4v) is 11.1. The molecule has 40 heavy (non-hydrogen) atoms. The Morgan fingerprint density at radius 3 is 2.45 bits per heavy atom. The number of anilines is 1. The van der Waals surface area contributed by atoms with Crippen LogP contribution in [0, 0.1) is 11.8 Å². The van der Waals surface area contributed by atoms with E-state index in [-0.39, 0.29) is 40.4 Å². The van der Waals surface area contributed by atoms with Gasteiger partial charge in [0, 0.05) is 34.9 Å². The molecule has 1 aliphatic carbocycles. The lowest BCUT2D eigenvalue weighted by atomic mass is 9.70. The smallest absolute Gasteiger partial charge is 0.247 e. The van der Waals surface area contributed by atoms with Crippen LogP contribution in [0.3, 0.4) is 0 Å². The first-order valence-corrected chi connectivity index (χ1v) is 16.2. The van der Waals surface area contributed by atoms with Gasteiger partial charge in [-0.2, -0.15) is 0 Å². The molecular formula is C31H40BrN3O4S. The van der Waals surface area contributed by atoms with Gasteiger partial charge in [0.1, 0.15) is 6.04 Å². The Hall–Kier alpha value is -2.10. The average molecular weight is 631 g/mol. The molecule has 4 fully saturated rings. The average Bonchev–Trinajstić information content (AvgIpc) is 3.57. The van der Waals surface area contributed by atoms with Gasteiger partial charge in [-0.15, -0.1) is 24.9 Å². The molecule has 5 rings (SSSR count). The van der Waals surface area contributed by atoms with Gasteiger partial charge >= 0.3 is 0 Å². The number of likely N-dealkylation sites (tertiary alicyclic amines) is 1. The van der Waals surface area contributed by atoms with Crippen molar-refractivity contribution in [1.82, 2.24) is 9.80 Å². The quantitative estimate of drug-likeness (QED) is 0.307. The molecule has 3 heterocycles. The Balaban J connectivity index is 1.57. The van der Waals surface area contributed by atoms with Gasteiger partial charge in [0.25, 0.3) is 0 Å². The lowest BCUT2D eigenvalue weighted by Gasteiger charge is -2.42. The molecule has 7 nitrogen and oxygen atoms in total. The Bertz CT molecular complexity index is 1140. The van der Waals surface area contributed by atoms with Crippen LogP contribution in [0.1, 0.15) is 45.4 Å². The Kier molecular flexibility index (Phi) is 8.83. The third-order valence-electron chi connectivity index (χ3n) is 9.26. The Morgan fingerprint density at radius 2 is 1.82 bits per heavy atom. The van der Waals surface area contributed by atoms with Crippen molar-refractivity contribution in [2.45, 2.75) is 78.4 Å². The molecular weight excluding hydrogens is 590 g/mol. The molecule has 9 heteroatoms. The molecule has 3 saturated heterocycles. The summed E-state index contributed by atoms with van der Waals surface area (Å²) in [4.78, 5) is 48.7. The number of aliphatic hydroxyl groups excluding tert-OH is 1. The predicted octanol–water partition coefficient (Wildman–Crippen LogP) is 4.40. The SMILES string of the molecule is C=CCN(C(=O)[C@H]1[C@@H]2SC3(CC2Br)C(C(=O)N(CC=C)C2CCCCC2)N([C@H](C)CO)C(=O)[C@H]13)c1ccccc1. The van der Waals surface area contributed by atoms with Crippen molar-refractivity contribution < 1.29 is 19.5 Å². The maximum absolute atomic E-state index is 14.6. The molecule has 1 aromatic carbocycles. The van der Waals surface area contributed by atoms with Crippen LogP contribution in [0.5, 0.6) is 0 Å². The van der Waals surface area contributed by atoms with E-state index in [2.05, 4.69) is 29.1 Å². The minimum absolute atomic E-state index is 0.0147. The van der Waals surface area contributed by atoms with Crippen molar-refractivity contribution in [1.29, 1.82) is 0 Å². The summed E-state index contributed by atoms with van der Waals surface area (Å²) in [6, 6.07) is 8.30. The second-order valence-electron chi connectivity index (χ2n) is 11.6. The predicted molar refractivity (Wildman–Crippen MR) is 163 cm³/mol. The van der Waals surface area contributed by atoms with E-state index in [0.29, 0.717) is 19.5 Å². The summed E-state index contributed by atoms with van der Waals surface area (Å²) in [6.07, 6.45) is 9.30. The minimum atomic E-state index is -0.749. The molecule has 1 spiro atoms. The molecule has 1 aromatic rings. The summed E-state index contributed by atoms with van der Waals surface area (Å²) in [5, 5.41) is 10.1. The zero-order valence-electron chi connectivity index (χ0n) is 23.2. The van der Waals surface area contributed by atoms with E-state index in [4.69, 9.17) is 0 Å². The molecule has 1 saturated carbocycles. The molecule has 3 unspecified atom stereocenters. The molecule has 7 atom stereocenters. The number of rotatable bonds is 10. The van der Waals surface area contributed by atoms with Gasteiger partial charge in [0.2, 0.25) is 17.7 Å². The zero-order valence-corrected chi connectivity index (χ0v) is 25.6. The summed E-state index contributed by atoms with van der Waals surface area (Å²) in [5.74, 6) is -1.62. The topological polar surface area (TPSA) is 81.2 Å². The van der Waals surface area contributed by atoms with Gasteiger partial charge in [0.15, 0.2) is 0 Å². The number of amides is 3. The third-order valence-corrected chi connectivity index (χ3v) is 12.5. The maximum Gasteiger partial charge on any atom is 0.247 e. The highest BCUT2D eigenvalue weighted by atomic mass is 79.9. The van der Waals surface area contributed by atoms with Crippen molar-refractivity contribution in [3.63, 3.8) is 0 Å². The van der Waals surface area contributed by atoms with Crippen molar-refractivity contribution in [2.75, 3.05) is 24.6 Å². The van der Waals surface area contributed by atoms with Crippen LogP contribution < -0.4 is 4.90 Å². The molecule has 216 valence electrons.